The predicted molar refractivity (Wildman–Crippen MR) is 99.7 cm³/mol. The number of rotatable bonds is 5. The van der Waals surface area contributed by atoms with Gasteiger partial charge in [-0.05, 0) is 43.5 Å². The van der Waals surface area contributed by atoms with E-state index < -0.39 is 15.9 Å². The van der Waals surface area contributed by atoms with Gasteiger partial charge in [-0.3, -0.25) is 9.59 Å². The number of nitrogens with zero attached hydrogens (tertiary/aromatic N) is 2. The van der Waals surface area contributed by atoms with Crippen molar-refractivity contribution >= 4 is 21.8 Å². The van der Waals surface area contributed by atoms with E-state index in [2.05, 4.69) is 0 Å². The Labute approximate surface area is 158 Å². The summed E-state index contributed by atoms with van der Waals surface area (Å²) in [6.45, 7) is 2.16. The molecule has 0 aromatic heterocycles. The lowest BCUT2D eigenvalue weighted by atomic mass is 10.1. The van der Waals surface area contributed by atoms with Crippen molar-refractivity contribution in [3.05, 3.63) is 65.2 Å². The highest BCUT2D eigenvalue weighted by atomic mass is 32.2. The molecule has 1 aliphatic heterocycles. The van der Waals surface area contributed by atoms with Gasteiger partial charge in [0.05, 0.1) is 5.56 Å². The van der Waals surface area contributed by atoms with E-state index in [0.29, 0.717) is 12.1 Å². The number of benzene rings is 2. The molecule has 1 heterocycles. The molecule has 6 nitrogen and oxygen atoms in total. The lowest BCUT2D eigenvalue weighted by Gasteiger charge is -2.23. The van der Waals surface area contributed by atoms with Gasteiger partial charge in [0.25, 0.3) is 21.8 Å². The fourth-order valence-electron chi connectivity index (χ4n) is 3.42. The maximum absolute atomic E-state index is 13.1. The average Bonchev–Trinajstić information content (AvgIpc) is 3.48. The smallest absolute Gasteiger partial charge is 0.268 e. The van der Waals surface area contributed by atoms with Gasteiger partial charge in [-0.2, -0.15) is 0 Å². The molecule has 140 valence electrons. The molecule has 27 heavy (non-hydrogen) atoms. The second-order valence-electron chi connectivity index (χ2n) is 6.84. The van der Waals surface area contributed by atoms with Crippen LogP contribution < -0.4 is 0 Å². The largest absolute Gasteiger partial charge is 0.331 e. The van der Waals surface area contributed by atoms with Gasteiger partial charge in [0, 0.05) is 24.7 Å². The number of hydrogen-bond acceptors (Lipinski definition) is 4. The first-order chi connectivity index (χ1) is 12.9. The number of carbonyl (C=O) groups excluding carboxylic acids is 2. The van der Waals surface area contributed by atoms with E-state index in [9.17, 15) is 18.0 Å². The molecule has 2 aromatic rings. The number of hydrogen-bond donors (Lipinski definition) is 0. The first-order valence-electron chi connectivity index (χ1n) is 8.99. The van der Waals surface area contributed by atoms with Gasteiger partial charge in [-0.15, -0.1) is 0 Å². The van der Waals surface area contributed by atoms with Gasteiger partial charge in [0.2, 0.25) is 0 Å². The summed E-state index contributed by atoms with van der Waals surface area (Å²) in [5.74, 6) is -0.739. The number of carbonyl (C=O) groups is 2. The van der Waals surface area contributed by atoms with Gasteiger partial charge in [-0.1, -0.05) is 30.3 Å². The molecule has 0 unspecified atom stereocenters. The van der Waals surface area contributed by atoms with Crippen LogP contribution in [0, 0.1) is 0 Å². The minimum atomic E-state index is -3.88. The number of amides is 2. The van der Waals surface area contributed by atoms with Crippen LogP contribution in [0.3, 0.4) is 0 Å². The fraction of sp³-hybridized carbons (Fsp3) is 0.300. The summed E-state index contributed by atoms with van der Waals surface area (Å²) in [4.78, 5) is 27.1. The standard InChI is InChI=1S/C20H20N2O4S/c1-2-22-20(24)17-11-8-15(12-18(17)27(22,25)26)19(23)21(16-9-10-16)13-14-6-4-3-5-7-14/h3-8,11-12,16H,2,9-10,13H2,1H3. The van der Waals surface area contributed by atoms with E-state index >= 15 is 0 Å². The van der Waals surface area contributed by atoms with Crippen LogP contribution in [0.1, 0.15) is 46.0 Å². The highest BCUT2D eigenvalue weighted by Gasteiger charge is 2.41. The molecule has 1 fully saturated rings. The van der Waals surface area contributed by atoms with Gasteiger partial charge in [-0.25, -0.2) is 12.7 Å². The van der Waals surface area contributed by atoms with Crippen LogP contribution in [0.4, 0.5) is 0 Å². The van der Waals surface area contributed by atoms with Crippen molar-refractivity contribution in [2.24, 2.45) is 0 Å². The van der Waals surface area contributed by atoms with Gasteiger partial charge in [0.15, 0.2) is 0 Å². The molecule has 2 aromatic carbocycles. The molecule has 0 N–H and O–H groups in total. The SMILES string of the molecule is CCN1C(=O)c2ccc(C(=O)N(Cc3ccccc3)C3CC3)cc2S1(=O)=O. The second kappa shape index (κ2) is 6.49. The minimum Gasteiger partial charge on any atom is -0.331 e. The molecular formula is C20H20N2O4S. The van der Waals surface area contributed by atoms with Gasteiger partial charge >= 0.3 is 0 Å². The van der Waals surface area contributed by atoms with Gasteiger partial charge in [0.1, 0.15) is 4.90 Å². The van der Waals surface area contributed by atoms with Crippen LogP contribution in [0.15, 0.2) is 53.4 Å². The lowest BCUT2D eigenvalue weighted by Crippen LogP contribution is -2.32. The highest BCUT2D eigenvalue weighted by Crippen LogP contribution is 2.33. The Morgan fingerprint density at radius 3 is 2.48 bits per heavy atom. The topological polar surface area (TPSA) is 74.8 Å². The highest BCUT2D eigenvalue weighted by molar-refractivity contribution is 7.90. The van der Waals surface area contributed by atoms with E-state index in [1.165, 1.54) is 12.1 Å². The van der Waals surface area contributed by atoms with E-state index in [0.717, 1.165) is 22.7 Å². The summed E-state index contributed by atoms with van der Waals surface area (Å²) in [7, 11) is -3.88. The average molecular weight is 384 g/mol. The van der Waals surface area contributed by atoms with Crippen molar-refractivity contribution in [2.45, 2.75) is 37.2 Å². The summed E-state index contributed by atoms with van der Waals surface area (Å²) < 4.78 is 26.0. The maximum atomic E-state index is 13.1. The molecule has 0 bridgehead atoms. The second-order valence-corrected chi connectivity index (χ2v) is 8.67. The van der Waals surface area contributed by atoms with E-state index in [-0.39, 0.29) is 29.0 Å². The third-order valence-electron chi connectivity index (χ3n) is 4.98. The Morgan fingerprint density at radius 2 is 1.85 bits per heavy atom. The predicted octanol–water partition coefficient (Wildman–Crippen LogP) is 2.66. The van der Waals surface area contributed by atoms with E-state index in [1.54, 1.807) is 17.9 Å². The van der Waals surface area contributed by atoms with E-state index in [1.807, 2.05) is 30.3 Å². The van der Waals surface area contributed by atoms with Crippen molar-refractivity contribution in [3.63, 3.8) is 0 Å². The summed E-state index contributed by atoms with van der Waals surface area (Å²) >= 11 is 0. The third kappa shape index (κ3) is 3.02. The molecule has 4 rings (SSSR count). The molecule has 0 spiro atoms. The molecule has 2 amide bonds. The zero-order valence-electron chi connectivity index (χ0n) is 15.0. The van der Waals surface area contributed by atoms with Crippen LogP contribution in [0.2, 0.25) is 0 Å². The Morgan fingerprint density at radius 1 is 1.15 bits per heavy atom. The number of sulfonamides is 1. The van der Waals surface area contributed by atoms with Crippen molar-refractivity contribution in [1.29, 1.82) is 0 Å². The Kier molecular flexibility index (Phi) is 4.26. The number of fused-ring (bicyclic) bond motifs is 1. The third-order valence-corrected chi connectivity index (χ3v) is 6.88. The molecule has 0 saturated heterocycles. The molecule has 0 atom stereocenters. The van der Waals surface area contributed by atoms with Crippen LogP contribution in [-0.4, -0.2) is 42.0 Å². The lowest BCUT2D eigenvalue weighted by molar-refractivity contribution is 0.0728. The van der Waals surface area contributed by atoms with Crippen LogP contribution >= 0.6 is 0 Å². The normalized spacial score (nSPS) is 17.7. The van der Waals surface area contributed by atoms with Gasteiger partial charge < -0.3 is 4.90 Å². The van der Waals surface area contributed by atoms with Crippen molar-refractivity contribution in [3.8, 4) is 0 Å². The molecular weight excluding hydrogens is 364 g/mol. The molecule has 7 heteroatoms. The zero-order valence-corrected chi connectivity index (χ0v) is 15.8. The Hall–Kier alpha value is -2.67. The first kappa shape index (κ1) is 17.7. The summed E-state index contributed by atoms with van der Waals surface area (Å²) in [5, 5.41) is 0. The van der Waals surface area contributed by atoms with Crippen molar-refractivity contribution in [1.82, 2.24) is 9.21 Å². The fourth-order valence-corrected chi connectivity index (χ4v) is 5.02. The minimum absolute atomic E-state index is 0.0708. The van der Waals surface area contributed by atoms with Crippen LogP contribution in [0.25, 0.3) is 0 Å². The maximum Gasteiger partial charge on any atom is 0.268 e. The molecule has 0 radical (unpaired) electrons. The molecule has 1 saturated carbocycles. The zero-order chi connectivity index (χ0) is 19.2. The quantitative estimate of drug-likeness (QED) is 0.794. The van der Waals surface area contributed by atoms with Crippen molar-refractivity contribution < 1.29 is 18.0 Å². The Balaban J connectivity index is 1.68. The van der Waals surface area contributed by atoms with E-state index in [4.69, 9.17) is 0 Å². The molecule has 2 aliphatic rings. The first-order valence-corrected chi connectivity index (χ1v) is 10.4. The Bertz CT molecular complexity index is 1010. The summed E-state index contributed by atoms with van der Waals surface area (Å²) in [5.41, 5.74) is 1.46. The van der Waals surface area contributed by atoms with Crippen molar-refractivity contribution in [2.75, 3.05) is 6.54 Å². The molecule has 1 aliphatic carbocycles. The monoisotopic (exact) mass is 384 g/mol. The summed E-state index contributed by atoms with van der Waals surface area (Å²) in [6.07, 6.45) is 1.90. The van der Waals surface area contributed by atoms with Crippen LogP contribution in [0.5, 0.6) is 0 Å². The summed E-state index contributed by atoms with van der Waals surface area (Å²) in [6, 6.07) is 14.2. The van der Waals surface area contributed by atoms with Crippen LogP contribution in [-0.2, 0) is 16.6 Å².